The van der Waals surface area contributed by atoms with Gasteiger partial charge in [-0.3, -0.25) is 19.3 Å². The maximum atomic E-state index is 13.2. The van der Waals surface area contributed by atoms with Crippen molar-refractivity contribution in [1.82, 2.24) is 4.90 Å². The third-order valence-corrected chi connectivity index (χ3v) is 4.10. The van der Waals surface area contributed by atoms with Crippen LogP contribution in [-0.2, 0) is 4.79 Å². The van der Waals surface area contributed by atoms with Crippen LogP contribution >= 0.6 is 0 Å². The maximum Gasteiger partial charge on any atom is 0.335 e. The Hall–Kier alpha value is -3.55. The molecule has 7 nitrogen and oxygen atoms in total. The van der Waals surface area contributed by atoms with E-state index in [-0.39, 0.29) is 22.3 Å². The van der Waals surface area contributed by atoms with Crippen molar-refractivity contribution < 1.29 is 33.8 Å². The molecule has 0 spiro atoms. The van der Waals surface area contributed by atoms with Gasteiger partial charge < -0.3 is 10.2 Å². The smallest absolute Gasteiger partial charge is 0.335 e. The van der Waals surface area contributed by atoms with E-state index in [1.54, 1.807) is 0 Å². The van der Waals surface area contributed by atoms with Gasteiger partial charge in [0.15, 0.2) is 0 Å². The summed E-state index contributed by atoms with van der Waals surface area (Å²) in [6.07, 6.45) is -0.567. The number of benzene rings is 2. The molecule has 1 aliphatic heterocycles. The van der Waals surface area contributed by atoms with Crippen molar-refractivity contribution in [3.63, 3.8) is 0 Å². The van der Waals surface area contributed by atoms with Crippen LogP contribution in [0.4, 0.5) is 4.39 Å². The number of nitrogens with zero attached hydrogens (tertiary/aromatic N) is 1. The summed E-state index contributed by atoms with van der Waals surface area (Å²) < 4.78 is 13.2. The highest BCUT2D eigenvalue weighted by atomic mass is 19.1. The van der Waals surface area contributed by atoms with Gasteiger partial charge in [0.1, 0.15) is 5.82 Å². The van der Waals surface area contributed by atoms with Gasteiger partial charge in [0, 0.05) is 0 Å². The van der Waals surface area contributed by atoms with E-state index in [4.69, 9.17) is 10.2 Å². The van der Waals surface area contributed by atoms with Crippen LogP contribution in [0, 0.1) is 5.82 Å². The zero-order chi connectivity index (χ0) is 19.0. The highest BCUT2D eigenvalue weighted by Crippen LogP contribution is 2.34. The summed E-state index contributed by atoms with van der Waals surface area (Å²) in [4.78, 5) is 48.4. The van der Waals surface area contributed by atoms with Crippen molar-refractivity contribution in [2.45, 2.75) is 12.5 Å². The lowest BCUT2D eigenvalue weighted by Gasteiger charge is -2.25. The molecule has 2 aromatic rings. The van der Waals surface area contributed by atoms with Crippen LogP contribution in [-0.4, -0.2) is 38.9 Å². The summed E-state index contributed by atoms with van der Waals surface area (Å²) in [7, 11) is 0. The number of carboxylic acids is 2. The highest BCUT2D eigenvalue weighted by Gasteiger charge is 2.41. The number of carbonyl (C=O) groups excluding carboxylic acids is 2. The van der Waals surface area contributed by atoms with E-state index in [2.05, 4.69) is 0 Å². The van der Waals surface area contributed by atoms with Gasteiger partial charge in [0.25, 0.3) is 11.8 Å². The first-order valence-corrected chi connectivity index (χ1v) is 7.52. The van der Waals surface area contributed by atoms with Crippen molar-refractivity contribution in [2.24, 2.45) is 0 Å². The van der Waals surface area contributed by atoms with Gasteiger partial charge in [-0.05, 0) is 35.9 Å². The molecule has 2 amide bonds. The third-order valence-electron chi connectivity index (χ3n) is 4.10. The zero-order valence-electron chi connectivity index (χ0n) is 13.2. The first-order valence-electron chi connectivity index (χ1n) is 7.52. The number of hydrogen-bond acceptors (Lipinski definition) is 4. The Balaban J connectivity index is 2.06. The molecule has 1 atom stereocenters. The third kappa shape index (κ3) is 2.92. The molecule has 8 heteroatoms. The molecular formula is C18H12FNO6. The fourth-order valence-corrected chi connectivity index (χ4v) is 2.88. The molecule has 0 radical (unpaired) electrons. The summed E-state index contributed by atoms with van der Waals surface area (Å²) in [5.74, 6) is -4.56. The van der Waals surface area contributed by atoms with Crippen LogP contribution in [0.1, 0.15) is 49.1 Å². The molecular weight excluding hydrogens is 345 g/mol. The predicted molar refractivity (Wildman–Crippen MR) is 85.3 cm³/mol. The van der Waals surface area contributed by atoms with Crippen LogP contribution in [0.3, 0.4) is 0 Å². The Bertz CT molecular complexity index is 937. The minimum Gasteiger partial charge on any atom is -0.481 e. The Labute approximate surface area is 146 Å². The number of hydrogen-bond donors (Lipinski definition) is 2. The first kappa shape index (κ1) is 17.3. The van der Waals surface area contributed by atoms with Gasteiger partial charge in [-0.15, -0.1) is 0 Å². The van der Waals surface area contributed by atoms with Gasteiger partial charge in [-0.1, -0.05) is 12.1 Å². The second kappa shape index (κ2) is 6.40. The van der Waals surface area contributed by atoms with E-state index in [0.717, 1.165) is 23.1 Å². The molecule has 0 saturated carbocycles. The molecule has 26 heavy (non-hydrogen) atoms. The van der Waals surface area contributed by atoms with Gasteiger partial charge in [-0.2, -0.15) is 0 Å². The standard InChI is InChI=1S/C18H12FNO6/c19-11-4-1-9(2-5-11)14(8-15(21)22)20-16(23)12-6-3-10(18(25)26)7-13(12)17(20)24/h1-7,14H,8H2,(H,21,22)(H,25,26). The van der Waals surface area contributed by atoms with Gasteiger partial charge in [0.2, 0.25) is 0 Å². The summed E-state index contributed by atoms with van der Waals surface area (Å²) in [5.41, 5.74) is 0.00924. The van der Waals surface area contributed by atoms with Crippen molar-refractivity contribution in [3.8, 4) is 0 Å². The van der Waals surface area contributed by atoms with E-state index in [9.17, 15) is 23.6 Å². The summed E-state index contributed by atoms with van der Waals surface area (Å²) in [6, 6.07) is 7.16. The van der Waals surface area contributed by atoms with Crippen molar-refractivity contribution in [3.05, 3.63) is 70.5 Å². The molecule has 1 unspecified atom stereocenters. The average molecular weight is 357 g/mol. The molecule has 2 N–H and O–H groups in total. The van der Waals surface area contributed by atoms with E-state index >= 15 is 0 Å². The molecule has 3 rings (SSSR count). The molecule has 0 aromatic heterocycles. The number of halogens is 1. The van der Waals surface area contributed by atoms with E-state index < -0.39 is 42.0 Å². The lowest BCUT2D eigenvalue weighted by molar-refractivity contribution is -0.138. The topological polar surface area (TPSA) is 112 Å². The van der Waals surface area contributed by atoms with E-state index in [0.29, 0.717) is 0 Å². The maximum absolute atomic E-state index is 13.2. The number of amides is 2. The number of carbonyl (C=O) groups is 4. The summed E-state index contributed by atoms with van der Waals surface area (Å²) in [6.45, 7) is 0. The number of fused-ring (bicyclic) bond motifs is 1. The number of aromatic carboxylic acids is 1. The van der Waals surface area contributed by atoms with Gasteiger partial charge in [0.05, 0.1) is 29.2 Å². The van der Waals surface area contributed by atoms with Crippen LogP contribution < -0.4 is 0 Å². The molecule has 0 fully saturated rings. The second-order valence-corrected chi connectivity index (χ2v) is 5.71. The Morgan fingerprint density at radius 1 is 0.962 bits per heavy atom. The predicted octanol–water partition coefficient (Wildman–Crippen LogP) is 2.34. The largest absolute Gasteiger partial charge is 0.481 e. The monoisotopic (exact) mass is 357 g/mol. The Morgan fingerprint density at radius 3 is 2.15 bits per heavy atom. The minimum atomic E-state index is -1.26. The molecule has 132 valence electrons. The SMILES string of the molecule is O=C(O)CC(c1ccc(F)cc1)N1C(=O)c2ccc(C(=O)O)cc2C1=O. The highest BCUT2D eigenvalue weighted by molar-refractivity contribution is 6.22. The van der Waals surface area contributed by atoms with E-state index in [1.807, 2.05) is 0 Å². The van der Waals surface area contributed by atoms with E-state index in [1.165, 1.54) is 24.3 Å². The summed E-state index contributed by atoms with van der Waals surface area (Å²) >= 11 is 0. The number of aliphatic carboxylic acids is 1. The number of carboxylic acid groups (broad SMARTS) is 2. The fraction of sp³-hybridized carbons (Fsp3) is 0.111. The fourth-order valence-electron chi connectivity index (χ4n) is 2.88. The molecule has 1 heterocycles. The molecule has 1 aliphatic rings. The average Bonchev–Trinajstić information content (AvgIpc) is 2.84. The quantitative estimate of drug-likeness (QED) is 0.795. The summed E-state index contributed by atoms with van der Waals surface area (Å²) in [5, 5.41) is 18.2. The van der Waals surface area contributed by atoms with Crippen LogP contribution in [0.5, 0.6) is 0 Å². The van der Waals surface area contributed by atoms with Gasteiger partial charge in [-0.25, -0.2) is 9.18 Å². The number of imide groups is 1. The first-order chi connectivity index (χ1) is 12.3. The molecule has 0 bridgehead atoms. The normalized spacial score (nSPS) is 14.3. The Morgan fingerprint density at radius 2 is 1.58 bits per heavy atom. The Kier molecular flexibility index (Phi) is 4.25. The van der Waals surface area contributed by atoms with Crippen molar-refractivity contribution in [1.29, 1.82) is 0 Å². The molecule has 2 aromatic carbocycles. The van der Waals surface area contributed by atoms with Crippen LogP contribution in [0.2, 0.25) is 0 Å². The second-order valence-electron chi connectivity index (χ2n) is 5.71. The van der Waals surface area contributed by atoms with Crippen molar-refractivity contribution in [2.75, 3.05) is 0 Å². The zero-order valence-corrected chi connectivity index (χ0v) is 13.2. The van der Waals surface area contributed by atoms with Crippen LogP contribution in [0.25, 0.3) is 0 Å². The van der Waals surface area contributed by atoms with Crippen LogP contribution in [0.15, 0.2) is 42.5 Å². The molecule has 0 saturated heterocycles. The minimum absolute atomic E-state index is 0.00231. The lowest BCUT2D eigenvalue weighted by Crippen LogP contribution is -2.35. The van der Waals surface area contributed by atoms with Gasteiger partial charge >= 0.3 is 11.9 Å². The van der Waals surface area contributed by atoms with Crippen molar-refractivity contribution >= 4 is 23.8 Å². The number of rotatable bonds is 5. The molecule has 0 aliphatic carbocycles. The lowest BCUT2D eigenvalue weighted by atomic mass is 10.0.